The Kier molecular flexibility index (Phi) is 4.01. The molecule has 0 N–H and O–H groups in total. The fourth-order valence-corrected chi connectivity index (χ4v) is 3.06. The Hall–Kier alpha value is -3.80. The number of aryl methyl sites for hydroxylation is 1. The molecule has 0 atom stereocenters. The van der Waals surface area contributed by atoms with Crippen molar-refractivity contribution in [3.05, 3.63) is 94.0 Å². The molecule has 0 fully saturated rings. The van der Waals surface area contributed by atoms with Gasteiger partial charge in [-0.2, -0.15) is 0 Å². The van der Waals surface area contributed by atoms with Crippen LogP contribution in [0.4, 0.5) is 5.69 Å². The number of imidazole rings is 1. The zero-order valence-electron chi connectivity index (χ0n) is 14.5. The van der Waals surface area contributed by atoms with Gasteiger partial charge in [0.15, 0.2) is 5.82 Å². The quantitative estimate of drug-likeness (QED) is 0.396. The first-order chi connectivity index (χ1) is 13.1. The van der Waals surface area contributed by atoms with Crippen LogP contribution in [0.5, 0.6) is 0 Å². The van der Waals surface area contributed by atoms with Crippen molar-refractivity contribution in [2.45, 2.75) is 6.92 Å². The number of benzene rings is 3. The number of nitro benzene ring substituents is 1. The normalized spacial score (nSPS) is 10.9. The minimum atomic E-state index is -0.463. The number of rotatable bonds is 3. The lowest BCUT2D eigenvalue weighted by Crippen LogP contribution is -2.14. The van der Waals surface area contributed by atoms with Gasteiger partial charge in [-0.1, -0.05) is 42.0 Å². The van der Waals surface area contributed by atoms with Crippen LogP contribution < -0.4 is 0 Å². The molecule has 132 valence electrons. The summed E-state index contributed by atoms with van der Waals surface area (Å²) in [6, 6.07) is 20.7. The van der Waals surface area contributed by atoms with Crippen LogP contribution >= 0.6 is 0 Å². The monoisotopic (exact) mass is 357 g/mol. The highest BCUT2D eigenvalue weighted by molar-refractivity contribution is 6.04. The van der Waals surface area contributed by atoms with E-state index in [1.165, 1.54) is 10.6 Å². The second-order valence-corrected chi connectivity index (χ2v) is 6.20. The van der Waals surface area contributed by atoms with Crippen molar-refractivity contribution in [1.29, 1.82) is 0 Å². The molecular formula is C21H15N3O3. The molecule has 3 aromatic carbocycles. The van der Waals surface area contributed by atoms with Gasteiger partial charge in [0.1, 0.15) is 0 Å². The lowest BCUT2D eigenvalue weighted by Gasteiger charge is -2.09. The maximum atomic E-state index is 13.3. The van der Waals surface area contributed by atoms with E-state index < -0.39 is 4.92 Å². The van der Waals surface area contributed by atoms with E-state index in [2.05, 4.69) is 4.98 Å². The highest BCUT2D eigenvalue weighted by Gasteiger charge is 2.24. The lowest BCUT2D eigenvalue weighted by molar-refractivity contribution is -0.384. The van der Waals surface area contributed by atoms with E-state index in [9.17, 15) is 14.9 Å². The van der Waals surface area contributed by atoms with E-state index >= 15 is 0 Å². The van der Waals surface area contributed by atoms with Crippen LogP contribution in [-0.4, -0.2) is 20.4 Å². The summed E-state index contributed by atoms with van der Waals surface area (Å²) >= 11 is 0. The summed E-state index contributed by atoms with van der Waals surface area (Å²) in [5.74, 6) is -0.0223. The summed E-state index contributed by atoms with van der Waals surface area (Å²) in [5, 5.41) is 11.5. The third-order valence-corrected chi connectivity index (χ3v) is 4.40. The minimum Gasteiger partial charge on any atom is -0.268 e. The van der Waals surface area contributed by atoms with Crippen molar-refractivity contribution in [3.8, 4) is 11.4 Å². The van der Waals surface area contributed by atoms with Crippen molar-refractivity contribution in [1.82, 2.24) is 9.55 Å². The highest BCUT2D eigenvalue weighted by Crippen LogP contribution is 2.32. The number of nitro groups is 1. The fraction of sp³-hybridized carbons (Fsp3) is 0.0476. The maximum Gasteiger partial charge on any atom is 0.280 e. The van der Waals surface area contributed by atoms with Crippen LogP contribution in [0, 0.1) is 17.0 Å². The Labute approximate surface area is 154 Å². The Morgan fingerprint density at radius 3 is 2.37 bits per heavy atom. The van der Waals surface area contributed by atoms with Gasteiger partial charge in [-0.15, -0.1) is 0 Å². The summed E-state index contributed by atoms with van der Waals surface area (Å²) < 4.78 is 1.45. The predicted molar refractivity (Wildman–Crippen MR) is 103 cm³/mol. The molecule has 27 heavy (non-hydrogen) atoms. The van der Waals surface area contributed by atoms with Crippen LogP contribution in [0.15, 0.2) is 72.8 Å². The molecular weight excluding hydrogens is 342 g/mol. The van der Waals surface area contributed by atoms with Crippen LogP contribution in [-0.2, 0) is 0 Å². The average molecular weight is 357 g/mol. The van der Waals surface area contributed by atoms with Crippen molar-refractivity contribution < 1.29 is 9.72 Å². The van der Waals surface area contributed by atoms with Crippen LogP contribution in [0.25, 0.3) is 22.4 Å². The molecule has 6 nitrogen and oxygen atoms in total. The van der Waals surface area contributed by atoms with E-state index in [0.717, 1.165) is 5.56 Å². The second kappa shape index (κ2) is 6.49. The summed E-state index contributed by atoms with van der Waals surface area (Å²) in [6.45, 7) is 1.94. The van der Waals surface area contributed by atoms with Gasteiger partial charge in [0, 0.05) is 11.6 Å². The highest BCUT2D eigenvalue weighted by atomic mass is 16.6. The largest absolute Gasteiger partial charge is 0.280 e. The van der Waals surface area contributed by atoms with Crippen molar-refractivity contribution in [2.24, 2.45) is 0 Å². The first kappa shape index (κ1) is 16.7. The fourth-order valence-electron chi connectivity index (χ4n) is 3.06. The third kappa shape index (κ3) is 2.87. The Balaban J connectivity index is 2.00. The number of hydrogen-bond donors (Lipinski definition) is 0. The van der Waals surface area contributed by atoms with E-state index in [0.29, 0.717) is 22.2 Å². The standard InChI is InChI=1S/C21H15N3O3/c1-14-10-12-15(13-11-14)21(25)23-19-9-5-3-7-17(19)22-20(23)16-6-2-4-8-18(16)24(26)27/h2-13H,1H3. The maximum absolute atomic E-state index is 13.3. The molecule has 0 aliphatic heterocycles. The molecule has 4 rings (SSSR count). The Morgan fingerprint density at radius 1 is 0.963 bits per heavy atom. The van der Waals surface area contributed by atoms with E-state index in [1.807, 2.05) is 31.2 Å². The number of aromatic nitrogens is 2. The molecule has 0 aliphatic rings. The molecule has 0 spiro atoms. The topological polar surface area (TPSA) is 78.0 Å². The summed E-state index contributed by atoms with van der Waals surface area (Å²) in [5.41, 5.74) is 2.96. The summed E-state index contributed by atoms with van der Waals surface area (Å²) in [4.78, 5) is 28.8. The smallest absolute Gasteiger partial charge is 0.268 e. The Morgan fingerprint density at radius 2 is 1.63 bits per heavy atom. The number of nitrogens with zero attached hydrogens (tertiary/aromatic N) is 3. The van der Waals surface area contributed by atoms with Crippen molar-refractivity contribution in [3.63, 3.8) is 0 Å². The molecule has 0 amide bonds. The van der Waals surface area contributed by atoms with Crippen molar-refractivity contribution in [2.75, 3.05) is 0 Å². The van der Waals surface area contributed by atoms with Gasteiger partial charge in [0.05, 0.1) is 21.5 Å². The summed E-state index contributed by atoms with van der Waals surface area (Å²) in [6.07, 6.45) is 0. The van der Waals surface area contributed by atoms with Crippen LogP contribution in [0.1, 0.15) is 15.9 Å². The lowest BCUT2D eigenvalue weighted by atomic mass is 10.1. The van der Waals surface area contributed by atoms with Crippen LogP contribution in [0.3, 0.4) is 0 Å². The third-order valence-electron chi connectivity index (χ3n) is 4.40. The van der Waals surface area contributed by atoms with Gasteiger partial charge in [0.25, 0.3) is 11.6 Å². The molecule has 6 heteroatoms. The van der Waals surface area contributed by atoms with Gasteiger partial charge < -0.3 is 0 Å². The van der Waals surface area contributed by atoms with Crippen LogP contribution in [0.2, 0.25) is 0 Å². The Bertz CT molecular complexity index is 1180. The predicted octanol–water partition coefficient (Wildman–Crippen LogP) is 4.61. The number of hydrogen-bond acceptors (Lipinski definition) is 4. The molecule has 0 bridgehead atoms. The zero-order valence-corrected chi connectivity index (χ0v) is 14.5. The van der Waals surface area contributed by atoms with E-state index in [1.54, 1.807) is 42.5 Å². The second-order valence-electron chi connectivity index (χ2n) is 6.20. The van der Waals surface area contributed by atoms with Gasteiger partial charge in [-0.25, -0.2) is 4.98 Å². The molecule has 0 saturated heterocycles. The summed E-state index contributed by atoms with van der Waals surface area (Å²) in [7, 11) is 0. The van der Waals surface area contributed by atoms with Gasteiger partial charge in [0.2, 0.25) is 0 Å². The SMILES string of the molecule is Cc1ccc(C(=O)n2c(-c3ccccc3[N+](=O)[O-])nc3ccccc32)cc1. The zero-order chi connectivity index (χ0) is 19.0. The van der Waals surface area contributed by atoms with Gasteiger partial charge >= 0.3 is 0 Å². The first-order valence-electron chi connectivity index (χ1n) is 8.39. The number of fused-ring (bicyclic) bond motifs is 1. The molecule has 0 saturated carbocycles. The average Bonchev–Trinajstić information content (AvgIpc) is 3.07. The molecule has 1 heterocycles. The number of carbonyl (C=O) groups is 1. The molecule has 0 unspecified atom stereocenters. The molecule has 4 aromatic rings. The van der Waals surface area contributed by atoms with E-state index in [-0.39, 0.29) is 17.4 Å². The number of carbonyl (C=O) groups excluding carboxylic acids is 1. The minimum absolute atomic E-state index is 0.0919. The van der Waals surface area contributed by atoms with Gasteiger partial charge in [-0.05, 0) is 37.3 Å². The van der Waals surface area contributed by atoms with Gasteiger partial charge in [-0.3, -0.25) is 19.5 Å². The van der Waals surface area contributed by atoms with Crippen molar-refractivity contribution >= 4 is 22.6 Å². The molecule has 0 aliphatic carbocycles. The van der Waals surface area contributed by atoms with E-state index in [4.69, 9.17) is 0 Å². The number of para-hydroxylation sites is 3. The molecule has 0 radical (unpaired) electrons. The first-order valence-corrected chi connectivity index (χ1v) is 8.39. The molecule has 1 aromatic heterocycles.